The number of anilines is 1. The van der Waals surface area contributed by atoms with Crippen LogP contribution in [0.15, 0.2) is 59.6 Å². The van der Waals surface area contributed by atoms with Crippen molar-refractivity contribution in [3.05, 3.63) is 82.5 Å². The average molecular weight is 556 g/mol. The third kappa shape index (κ3) is 5.60. The Morgan fingerprint density at radius 1 is 1.05 bits per heavy atom. The van der Waals surface area contributed by atoms with Gasteiger partial charge in [0.25, 0.3) is 0 Å². The topological polar surface area (TPSA) is 127 Å². The van der Waals surface area contributed by atoms with Crippen molar-refractivity contribution < 1.29 is 28.7 Å². The molecule has 2 amide bonds. The monoisotopic (exact) mass is 555 g/mol. The number of esters is 1. The Kier molecular flexibility index (Phi) is 7.94. The van der Waals surface area contributed by atoms with Crippen molar-refractivity contribution in [1.82, 2.24) is 4.98 Å². The number of hydrogen-bond donors (Lipinski definition) is 0. The molecule has 202 valence electrons. The lowest BCUT2D eigenvalue weighted by Gasteiger charge is -2.18. The smallest absolute Gasteiger partial charge is 0.338 e. The van der Waals surface area contributed by atoms with Crippen molar-refractivity contribution in [2.45, 2.75) is 42.4 Å². The zero-order chi connectivity index (χ0) is 28.2. The van der Waals surface area contributed by atoms with Crippen LogP contribution in [-0.4, -0.2) is 47.5 Å². The van der Waals surface area contributed by atoms with Gasteiger partial charge in [0.2, 0.25) is 11.8 Å². The van der Waals surface area contributed by atoms with Crippen LogP contribution in [0.5, 0.6) is 5.75 Å². The third-order valence-electron chi connectivity index (χ3n) is 6.85. The molecule has 1 aromatic heterocycles. The van der Waals surface area contributed by atoms with Gasteiger partial charge in [-0.05, 0) is 85.8 Å². The second-order valence-corrected chi connectivity index (χ2v) is 10.6. The Bertz CT molecular complexity index is 1530. The Labute approximate surface area is 235 Å². The molecule has 1 fully saturated rings. The number of imide groups is 1. The second kappa shape index (κ2) is 11.7. The van der Waals surface area contributed by atoms with Gasteiger partial charge in [-0.1, -0.05) is 11.8 Å². The van der Waals surface area contributed by atoms with Crippen LogP contribution in [0.2, 0.25) is 0 Å². The molecule has 5 rings (SSSR count). The highest BCUT2D eigenvalue weighted by atomic mass is 32.2. The first-order valence-corrected chi connectivity index (χ1v) is 13.7. The van der Waals surface area contributed by atoms with E-state index in [-0.39, 0.29) is 23.7 Å². The lowest BCUT2D eigenvalue weighted by Crippen LogP contribution is -2.31. The van der Waals surface area contributed by atoms with Gasteiger partial charge in [-0.15, -0.1) is 0 Å². The largest absolute Gasteiger partial charge is 0.497 e. The minimum absolute atomic E-state index is 0.0234. The van der Waals surface area contributed by atoms with Crippen LogP contribution in [0, 0.1) is 11.3 Å². The summed E-state index contributed by atoms with van der Waals surface area (Å²) in [5.74, 6) is -1.24. The third-order valence-corrected chi connectivity index (χ3v) is 8.04. The number of pyridine rings is 1. The number of nitrogens with zero attached hydrogens (tertiary/aromatic N) is 3. The maximum absolute atomic E-state index is 13.2. The Morgan fingerprint density at radius 2 is 1.75 bits per heavy atom. The Balaban J connectivity index is 1.22. The van der Waals surface area contributed by atoms with E-state index in [4.69, 9.17) is 9.47 Å². The van der Waals surface area contributed by atoms with E-state index >= 15 is 0 Å². The van der Waals surface area contributed by atoms with Gasteiger partial charge in [-0.2, -0.15) is 5.26 Å². The molecule has 0 spiro atoms. The van der Waals surface area contributed by atoms with Crippen LogP contribution in [0.4, 0.5) is 5.69 Å². The van der Waals surface area contributed by atoms with Crippen LogP contribution in [0.1, 0.15) is 56.8 Å². The number of Topliss-reactive ketones (excluding diaryl/α,β-unsaturated/α-hetero) is 1. The quantitative estimate of drug-likeness (QED) is 0.227. The number of thioether (sulfide) groups is 1. The minimum atomic E-state index is -0.706. The Hall–Kier alpha value is -4.49. The number of ether oxygens (including phenoxy) is 2. The van der Waals surface area contributed by atoms with Gasteiger partial charge in [0.15, 0.2) is 12.4 Å². The molecule has 2 heterocycles. The molecule has 2 aromatic carbocycles. The van der Waals surface area contributed by atoms with Crippen molar-refractivity contribution >= 4 is 41.0 Å². The lowest BCUT2D eigenvalue weighted by atomic mass is 9.95. The van der Waals surface area contributed by atoms with Crippen molar-refractivity contribution in [2.24, 2.45) is 0 Å². The fraction of sp³-hybridized carbons (Fsp3) is 0.267. The Morgan fingerprint density at radius 3 is 2.45 bits per heavy atom. The zero-order valence-corrected chi connectivity index (χ0v) is 22.5. The predicted octanol–water partition coefficient (Wildman–Crippen LogP) is 4.30. The van der Waals surface area contributed by atoms with Gasteiger partial charge in [0, 0.05) is 17.7 Å². The minimum Gasteiger partial charge on any atom is -0.497 e. The molecule has 0 radical (unpaired) electrons. The van der Waals surface area contributed by atoms with Crippen molar-refractivity contribution in [3.63, 3.8) is 0 Å². The summed E-state index contributed by atoms with van der Waals surface area (Å²) in [5.41, 5.74) is 3.32. The number of fused-ring (bicyclic) bond motifs is 1. The highest BCUT2D eigenvalue weighted by molar-refractivity contribution is 8.00. The number of carbonyl (C=O) groups is 4. The van der Waals surface area contributed by atoms with E-state index in [0.717, 1.165) is 53.6 Å². The van der Waals surface area contributed by atoms with E-state index in [2.05, 4.69) is 11.1 Å². The summed E-state index contributed by atoms with van der Waals surface area (Å²) in [5, 5.41) is 9.40. The van der Waals surface area contributed by atoms with Crippen LogP contribution >= 0.6 is 11.8 Å². The molecule has 1 saturated heterocycles. The van der Waals surface area contributed by atoms with Gasteiger partial charge in [0.05, 0.1) is 29.2 Å². The molecular weight excluding hydrogens is 530 g/mol. The van der Waals surface area contributed by atoms with Gasteiger partial charge >= 0.3 is 5.97 Å². The van der Waals surface area contributed by atoms with E-state index in [1.165, 1.54) is 31.4 Å². The van der Waals surface area contributed by atoms with E-state index in [1.54, 1.807) is 24.3 Å². The number of amides is 2. The van der Waals surface area contributed by atoms with E-state index < -0.39 is 23.7 Å². The number of nitriles is 1. The molecule has 1 unspecified atom stereocenters. The first-order valence-electron chi connectivity index (χ1n) is 12.8. The van der Waals surface area contributed by atoms with Crippen LogP contribution in [-0.2, 0) is 27.2 Å². The molecule has 9 nitrogen and oxygen atoms in total. The molecule has 3 aromatic rings. The first-order chi connectivity index (χ1) is 19.4. The number of aryl methyl sites for hydroxylation is 2. The molecule has 1 atom stereocenters. The zero-order valence-electron chi connectivity index (χ0n) is 21.7. The first kappa shape index (κ1) is 27.1. The summed E-state index contributed by atoms with van der Waals surface area (Å²) in [6, 6.07) is 16.3. The predicted molar refractivity (Wildman–Crippen MR) is 146 cm³/mol. The van der Waals surface area contributed by atoms with Crippen molar-refractivity contribution in [3.8, 4) is 11.8 Å². The van der Waals surface area contributed by atoms with Crippen LogP contribution in [0.25, 0.3) is 0 Å². The summed E-state index contributed by atoms with van der Waals surface area (Å²) in [7, 11) is 1.52. The van der Waals surface area contributed by atoms with Gasteiger partial charge in [-0.3, -0.25) is 14.4 Å². The number of ketones is 1. The van der Waals surface area contributed by atoms with Gasteiger partial charge in [0.1, 0.15) is 16.8 Å². The molecule has 0 bridgehead atoms. The summed E-state index contributed by atoms with van der Waals surface area (Å²) >= 11 is 1.14. The van der Waals surface area contributed by atoms with E-state index in [1.807, 2.05) is 6.07 Å². The number of carbonyl (C=O) groups excluding carboxylic acids is 4. The van der Waals surface area contributed by atoms with Crippen molar-refractivity contribution in [2.75, 3.05) is 18.6 Å². The molecule has 2 aliphatic rings. The molecule has 1 aliphatic heterocycles. The highest BCUT2D eigenvalue weighted by Gasteiger charge is 2.41. The second-order valence-electron chi connectivity index (χ2n) is 9.42. The maximum atomic E-state index is 13.2. The molecule has 1 aliphatic carbocycles. The number of methoxy groups -OCH3 is 1. The SMILES string of the molecule is COc1ccc(C(=O)COC(=O)c2ccc(N3C(=O)CC(Sc4nc5c(cc4C#N)CCCC5)C3=O)cc2)cc1. The number of hydrogen-bond acceptors (Lipinski definition) is 9. The summed E-state index contributed by atoms with van der Waals surface area (Å²) < 4.78 is 10.2. The number of rotatable bonds is 8. The van der Waals surface area contributed by atoms with Gasteiger partial charge < -0.3 is 9.47 Å². The highest BCUT2D eigenvalue weighted by Crippen LogP contribution is 2.36. The van der Waals surface area contributed by atoms with Gasteiger partial charge in [-0.25, -0.2) is 14.7 Å². The van der Waals surface area contributed by atoms with Crippen LogP contribution < -0.4 is 9.64 Å². The van der Waals surface area contributed by atoms with Crippen molar-refractivity contribution in [1.29, 1.82) is 5.26 Å². The van der Waals surface area contributed by atoms with E-state index in [9.17, 15) is 24.4 Å². The molecule has 40 heavy (non-hydrogen) atoms. The summed E-state index contributed by atoms with van der Waals surface area (Å²) in [6.45, 7) is -0.434. The van der Waals surface area contributed by atoms with Crippen LogP contribution in [0.3, 0.4) is 0 Å². The molecule has 10 heteroatoms. The number of benzene rings is 2. The fourth-order valence-electron chi connectivity index (χ4n) is 4.71. The standard InChI is InChI=1S/C30H25N3O6S/c1-38-23-12-8-18(9-13-23)25(34)17-39-30(37)19-6-10-22(11-7-19)33-27(35)15-26(29(33)36)40-28-21(16-31)14-20-4-2-3-5-24(20)32-28/h6-14,26H,2-5,15,17H2,1H3. The number of aromatic nitrogens is 1. The summed E-state index contributed by atoms with van der Waals surface area (Å²) in [6.07, 6.45) is 3.80. The van der Waals surface area contributed by atoms with E-state index in [0.29, 0.717) is 27.6 Å². The maximum Gasteiger partial charge on any atom is 0.338 e. The molecule has 0 saturated carbocycles. The summed E-state index contributed by atoms with van der Waals surface area (Å²) in [4.78, 5) is 56.6. The normalized spacial score (nSPS) is 16.3. The molecular formula is C30H25N3O6S. The fourth-order valence-corrected chi connectivity index (χ4v) is 5.80. The molecule has 0 N–H and O–H groups in total. The average Bonchev–Trinajstić information content (AvgIpc) is 3.27. The lowest BCUT2D eigenvalue weighted by molar-refractivity contribution is -0.121.